The molecule has 0 saturated heterocycles. The number of rotatable bonds is 8. The summed E-state index contributed by atoms with van der Waals surface area (Å²) < 4.78 is 5.48. The zero-order valence-electron chi connectivity index (χ0n) is 16.5. The Morgan fingerprint density at radius 3 is 1.33 bits per heavy atom. The van der Waals surface area contributed by atoms with Gasteiger partial charge in [0.1, 0.15) is 13.2 Å². The Hall–Kier alpha value is -2.66. The van der Waals surface area contributed by atoms with Gasteiger partial charge in [-0.15, -0.1) is 0 Å². The summed E-state index contributed by atoms with van der Waals surface area (Å²) in [6.07, 6.45) is 0. The van der Waals surface area contributed by atoms with E-state index in [2.05, 4.69) is 0 Å². The van der Waals surface area contributed by atoms with Crippen molar-refractivity contribution in [3.8, 4) is 0 Å². The van der Waals surface area contributed by atoms with E-state index >= 15 is 0 Å². The summed E-state index contributed by atoms with van der Waals surface area (Å²) in [5, 5.41) is 0. The van der Waals surface area contributed by atoms with E-state index in [4.69, 9.17) is 4.74 Å². The topological polar surface area (TPSA) is 49.9 Å². The van der Waals surface area contributed by atoms with Gasteiger partial charge in [-0.05, 0) is 52.0 Å². The lowest BCUT2D eigenvalue weighted by Gasteiger charge is -2.28. The standard InChI is InChI=1S/C22H28N2O3/c1-17(2)23(19-11-7-5-8-12-19)21(25)15-27-16-22(26)24(18(3)4)20-13-9-6-10-14-20/h5-14,17-18H,15-16H2,1-4H3. The van der Waals surface area contributed by atoms with Gasteiger partial charge in [-0.1, -0.05) is 36.4 Å². The molecule has 0 aliphatic rings. The van der Waals surface area contributed by atoms with Crippen LogP contribution in [0.2, 0.25) is 0 Å². The van der Waals surface area contributed by atoms with Crippen molar-refractivity contribution in [2.24, 2.45) is 0 Å². The van der Waals surface area contributed by atoms with Gasteiger partial charge in [-0.3, -0.25) is 9.59 Å². The normalized spacial score (nSPS) is 10.9. The predicted molar refractivity (Wildman–Crippen MR) is 109 cm³/mol. The number of amides is 2. The molecular weight excluding hydrogens is 340 g/mol. The summed E-state index contributed by atoms with van der Waals surface area (Å²) in [6, 6.07) is 18.9. The number of hydrogen-bond donors (Lipinski definition) is 0. The van der Waals surface area contributed by atoms with Crippen LogP contribution in [0.3, 0.4) is 0 Å². The molecule has 0 spiro atoms. The van der Waals surface area contributed by atoms with E-state index in [1.54, 1.807) is 9.80 Å². The molecule has 0 unspecified atom stereocenters. The smallest absolute Gasteiger partial charge is 0.253 e. The number of carbonyl (C=O) groups excluding carboxylic acids is 2. The molecule has 2 aromatic carbocycles. The molecule has 0 atom stereocenters. The monoisotopic (exact) mass is 368 g/mol. The van der Waals surface area contributed by atoms with E-state index in [9.17, 15) is 9.59 Å². The van der Waals surface area contributed by atoms with Crippen LogP contribution in [-0.2, 0) is 14.3 Å². The van der Waals surface area contributed by atoms with Crippen molar-refractivity contribution in [2.75, 3.05) is 23.0 Å². The molecule has 5 heteroatoms. The van der Waals surface area contributed by atoms with E-state index in [1.165, 1.54) is 0 Å². The summed E-state index contributed by atoms with van der Waals surface area (Å²) in [4.78, 5) is 28.6. The molecular formula is C22H28N2O3. The SMILES string of the molecule is CC(C)N(C(=O)COCC(=O)N(c1ccccc1)C(C)C)c1ccccc1. The summed E-state index contributed by atoms with van der Waals surface area (Å²) in [5.74, 6) is -0.334. The second-order valence-electron chi connectivity index (χ2n) is 6.88. The quantitative estimate of drug-likeness (QED) is 0.710. The third-order valence-electron chi connectivity index (χ3n) is 4.09. The fraction of sp³-hybridized carbons (Fsp3) is 0.364. The Balaban J connectivity index is 1.97. The number of ether oxygens (including phenoxy) is 1. The number of benzene rings is 2. The molecule has 5 nitrogen and oxygen atoms in total. The minimum absolute atomic E-state index is 0.00400. The molecule has 0 N–H and O–H groups in total. The Labute approximate surface area is 161 Å². The van der Waals surface area contributed by atoms with Gasteiger partial charge >= 0.3 is 0 Å². The van der Waals surface area contributed by atoms with Gasteiger partial charge in [0.2, 0.25) is 0 Å². The molecule has 0 heterocycles. The van der Waals surface area contributed by atoms with Crippen LogP contribution in [0.4, 0.5) is 11.4 Å². The number of carbonyl (C=O) groups is 2. The summed E-state index contributed by atoms with van der Waals surface area (Å²) in [7, 11) is 0. The van der Waals surface area contributed by atoms with Crippen molar-refractivity contribution in [1.82, 2.24) is 0 Å². The maximum absolute atomic E-state index is 12.6. The van der Waals surface area contributed by atoms with Crippen LogP contribution in [0.5, 0.6) is 0 Å². The van der Waals surface area contributed by atoms with Gasteiger partial charge in [0.05, 0.1) is 0 Å². The van der Waals surface area contributed by atoms with Gasteiger partial charge in [0.25, 0.3) is 11.8 Å². The van der Waals surface area contributed by atoms with Gasteiger partial charge in [0, 0.05) is 23.5 Å². The van der Waals surface area contributed by atoms with Crippen LogP contribution in [0.15, 0.2) is 60.7 Å². The number of para-hydroxylation sites is 2. The highest BCUT2D eigenvalue weighted by atomic mass is 16.5. The molecule has 0 aliphatic heterocycles. The molecule has 2 rings (SSSR count). The summed E-state index contributed by atoms with van der Waals surface area (Å²) >= 11 is 0. The fourth-order valence-electron chi connectivity index (χ4n) is 3.00. The molecule has 27 heavy (non-hydrogen) atoms. The highest BCUT2D eigenvalue weighted by molar-refractivity contribution is 5.96. The lowest BCUT2D eigenvalue weighted by Crippen LogP contribution is -2.42. The van der Waals surface area contributed by atoms with Crippen LogP contribution < -0.4 is 9.80 Å². The Bertz CT molecular complexity index is 666. The lowest BCUT2D eigenvalue weighted by atomic mass is 10.2. The van der Waals surface area contributed by atoms with E-state index in [1.807, 2.05) is 88.4 Å². The minimum Gasteiger partial charge on any atom is -0.362 e. The van der Waals surface area contributed by atoms with Crippen molar-refractivity contribution in [1.29, 1.82) is 0 Å². The van der Waals surface area contributed by atoms with E-state index in [-0.39, 0.29) is 37.1 Å². The highest BCUT2D eigenvalue weighted by Crippen LogP contribution is 2.18. The average Bonchev–Trinajstić information content (AvgIpc) is 2.63. The third-order valence-corrected chi connectivity index (χ3v) is 4.09. The van der Waals surface area contributed by atoms with Crippen molar-refractivity contribution in [2.45, 2.75) is 39.8 Å². The molecule has 0 fully saturated rings. The molecule has 0 aromatic heterocycles. The molecule has 144 valence electrons. The second kappa shape index (κ2) is 9.88. The molecule has 2 amide bonds. The average molecular weight is 368 g/mol. The Morgan fingerprint density at radius 2 is 1.04 bits per heavy atom. The third kappa shape index (κ3) is 5.66. The number of nitrogens with zero attached hydrogens (tertiary/aromatic N) is 2. The number of anilines is 2. The highest BCUT2D eigenvalue weighted by Gasteiger charge is 2.22. The largest absolute Gasteiger partial charge is 0.362 e. The summed E-state index contributed by atoms with van der Waals surface area (Å²) in [6.45, 7) is 7.52. The molecule has 0 aliphatic carbocycles. The lowest BCUT2D eigenvalue weighted by molar-refractivity contribution is -0.128. The van der Waals surface area contributed by atoms with E-state index < -0.39 is 0 Å². The van der Waals surface area contributed by atoms with Crippen LogP contribution in [0, 0.1) is 0 Å². The first-order valence-corrected chi connectivity index (χ1v) is 9.23. The van der Waals surface area contributed by atoms with Crippen LogP contribution >= 0.6 is 0 Å². The van der Waals surface area contributed by atoms with Gasteiger partial charge < -0.3 is 14.5 Å². The fourth-order valence-corrected chi connectivity index (χ4v) is 3.00. The van der Waals surface area contributed by atoms with E-state index in [0.717, 1.165) is 11.4 Å². The molecule has 2 aromatic rings. The molecule has 0 saturated carbocycles. The zero-order valence-corrected chi connectivity index (χ0v) is 16.5. The van der Waals surface area contributed by atoms with Crippen molar-refractivity contribution in [3.05, 3.63) is 60.7 Å². The van der Waals surface area contributed by atoms with Crippen LogP contribution in [0.1, 0.15) is 27.7 Å². The summed E-state index contributed by atoms with van der Waals surface area (Å²) in [5.41, 5.74) is 1.64. The van der Waals surface area contributed by atoms with Crippen molar-refractivity contribution < 1.29 is 14.3 Å². The maximum atomic E-state index is 12.6. The first kappa shape index (κ1) is 20.6. The van der Waals surface area contributed by atoms with Crippen LogP contribution in [-0.4, -0.2) is 37.1 Å². The Kier molecular flexibility index (Phi) is 7.55. The first-order valence-electron chi connectivity index (χ1n) is 9.23. The minimum atomic E-state index is -0.167. The van der Waals surface area contributed by atoms with Gasteiger partial charge in [0.15, 0.2) is 0 Å². The van der Waals surface area contributed by atoms with Crippen molar-refractivity contribution >= 4 is 23.2 Å². The van der Waals surface area contributed by atoms with Gasteiger partial charge in [-0.25, -0.2) is 0 Å². The Morgan fingerprint density at radius 1 is 0.704 bits per heavy atom. The maximum Gasteiger partial charge on any atom is 0.253 e. The van der Waals surface area contributed by atoms with E-state index in [0.29, 0.717) is 0 Å². The first-order chi connectivity index (χ1) is 12.9. The predicted octanol–water partition coefficient (Wildman–Crippen LogP) is 3.89. The van der Waals surface area contributed by atoms with Gasteiger partial charge in [-0.2, -0.15) is 0 Å². The number of hydrogen-bond acceptors (Lipinski definition) is 3. The van der Waals surface area contributed by atoms with Crippen molar-refractivity contribution in [3.63, 3.8) is 0 Å². The molecule has 0 bridgehead atoms. The van der Waals surface area contributed by atoms with Crippen LogP contribution in [0.25, 0.3) is 0 Å². The second-order valence-corrected chi connectivity index (χ2v) is 6.88. The molecule has 0 radical (unpaired) electrons. The zero-order chi connectivity index (χ0) is 19.8.